The predicted molar refractivity (Wildman–Crippen MR) is 175 cm³/mol. The van der Waals surface area contributed by atoms with Crippen molar-refractivity contribution in [3.63, 3.8) is 0 Å². The van der Waals surface area contributed by atoms with Crippen LogP contribution in [0.15, 0.2) is 84.9 Å². The molecule has 10 bridgehead atoms. The van der Waals surface area contributed by atoms with Gasteiger partial charge in [-0.1, -0.05) is 24.3 Å². The molecule has 0 amide bonds. The quantitative estimate of drug-likeness (QED) is 0.145. The van der Waals surface area contributed by atoms with Crippen molar-refractivity contribution in [1.82, 2.24) is 19.9 Å². The molecule has 8 rings (SSSR count). The summed E-state index contributed by atoms with van der Waals surface area (Å²) in [4.78, 5) is 15.4. The van der Waals surface area contributed by atoms with Crippen LogP contribution >= 0.6 is 0 Å². The molecular weight excluding hydrogens is 544 g/mol. The molecule has 0 unspecified atom stereocenters. The topological polar surface area (TPSA) is 81.6 Å². The minimum atomic E-state index is -0.512. The number of aromatic nitrogens is 4. The number of ether oxygens (including phenoxy) is 2. The highest BCUT2D eigenvalue weighted by atomic mass is 16.5. The smallest absolute Gasteiger partial charge is 0.161 e. The summed E-state index contributed by atoms with van der Waals surface area (Å²) >= 11 is 0. The third kappa shape index (κ3) is 3.79. The van der Waals surface area contributed by atoms with Crippen LogP contribution in [0.2, 0.25) is 0 Å². The molecule has 0 saturated carbocycles. The molecule has 0 aliphatic carbocycles. The van der Waals surface area contributed by atoms with Crippen LogP contribution in [0.1, 0.15) is 87.1 Å². The minimum absolute atomic E-state index is 0.290. The molecule has 4 N–H and O–H groups in total. The van der Waals surface area contributed by atoms with Crippen molar-refractivity contribution in [2.45, 2.75) is 63.2 Å². The van der Waals surface area contributed by atoms with E-state index in [1.165, 1.54) is 0 Å². The maximum absolute atomic E-state index is 6.85. The van der Waals surface area contributed by atoms with E-state index >= 15 is 0 Å². The van der Waals surface area contributed by atoms with Crippen LogP contribution in [-0.4, -0.2) is 33.1 Å². The summed E-state index contributed by atoms with van der Waals surface area (Å²) in [5.74, 6) is 1.47. The van der Waals surface area contributed by atoms with Gasteiger partial charge in [0.1, 0.15) is 13.2 Å². The Morgan fingerprint density at radius 3 is 1.05 bits per heavy atom. The molecule has 0 fully saturated rings. The Morgan fingerprint density at radius 2 is 0.727 bits per heavy atom. The summed E-state index contributed by atoms with van der Waals surface area (Å²) in [7, 11) is 0. The summed E-state index contributed by atoms with van der Waals surface area (Å²) in [5.41, 5.74) is 7.35. The first-order chi connectivity index (χ1) is 21.0. The van der Waals surface area contributed by atoms with E-state index < -0.39 is 10.8 Å². The fourth-order valence-electron chi connectivity index (χ4n) is 7.09. The Kier molecular flexibility index (Phi) is 5.51. The van der Waals surface area contributed by atoms with Crippen LogP contribution < -0.4 is 9.47 Å². The molecule has 6 aromatic rings. The van der Waals surface area contributed by atoms with Crippen molar-refractivity contribution in [2.75, 3.05) is 13.2 Å². The standard InChI is InChI=1S/C38H40N4O2/c1-35(2)27-11-15-31(39-27)37(5)21-43-25-19-23-9-7-8-10-24(23)20-26(25)44-22-38(6,32-16-12-28(35)40-32)34-18-14-30(42-34)36(3,4)29-13-17-33(37)41-29/h7-20,39-42H,21-22H2,1-6H3. The Labute approximate surface area is 258 Å². The zero-order chi connectivity index (χ0) is 30.5. The van der Waals surface area contributed by atoms with Crippen molar-refractivity contribution in [3.05, 3.63) is 130 Å². The van der Waals surface area contributed by atoms with E-state index in [9.17, 15) is 0 Å². The summed E-state index contributed by atoms with van der Waals surface area (Å²) in [6.07, 6.45) is 0. The van der Waals surface area contributed by atoms with Crippen LogP contribution in [0.3, 0.4) is 0 Å². The van der Waals surface area contributed by atoms with Crippen molar-refractivity contribution in [1.29, 1.82) is 0 Å². The van der Waals surface area contributed by atoms with Crippen molar-refractivity contribution in [2.24, 2.45) is 0 Å². The molecule has 2 aliphatic rings. The number of hydrogen-bond acceptors (Lipinski definition) is 2. The lowest BCUT2D eigenvalue weighted by Gasteiger charge is -2.30. The van der Waals surface area contributed by atoms with Crippen LogP contribution in [0, 0.1) is 0 Å². The molecule has 4 aromatic heterocycles. The van der Waals surface area contributed by atoms with Gasteiger partial charge in [-0.15, -0.1) is 0 Å². The first-order valence-corrected chi connectivity index (χ1v) is 15.6. The van der Waals surface area contributed by atoms with E-state index in [1.54, 1.807) is 0 Å². The second-order valence-corrected chi connectivity index (χ2v) is 14.3. The zero-order valence-corrected chi connectivity index (χ0v) is 26.3. The van der Waals surface area contributed by atoms with E-state index in [1.807, 2.05) is 0 Å². The van der Waals surface area contributed by atoms with Crippen LogP contribution in [0.4, 0.5) is 0 Å². The Morgan fingerprint density at radius 1 is 0.432 bits per heavy atom. The highest BCUT2D eigenvalue weighted by molar-refractivity contribution is 5.86. The average molecular weight is 585 g/mol. The lowest BCUT2D eigenvalue weighted by Crippen LogP contribution is -2.33. The van der Waals surface area contributed by atoms with Gasteiger partial charge >= 0.3 is 0 Å². The minimum Gasteiger partial charge on any atom is -0.488 e. The van der Waals surface area contributed by atoms with Crippen molar-refractivity contribution < 1.29 is 9.47 Å². The Hall–Kier alpha value is -4.58. The Balaban J connectivity index is 1.45. The summed E-state index contributed by atoms with van der Waals surface area (Å²) in [6.45, 7) is 14.4. The SMILES string of the molecule is CC1(C)c2ccc([nH]2)C2(C)COc3cc4ccccc4cc3OCC(C)(c3ccc1[nH]3)c1ccc([nH]1)C(C)(C)c1ccc2[nH]1. The molecule has 0 radical (unpaired) electrons. The second-order valence-electron chi connectivity index (χ2n) is 14.3. The van der Waals surface area contributed by atoms with E-state index in [0.717, 1.165) is 67.8 Å². The summed E-state index contributed by atoms with van der Waals surface area (Å²) in [5, 5.41) is 2.23. The van der Waals surface area contributed by atoms with Gasteiger partial charge in [-0.2, -0.15) is 0 Å². The number of rotatable bonds is 0. The molecule has 6 nitrogen and oxygen atoms in total. The van der Waals surface area contributed by atoms with Gasteiger partial charge in [0, 0.05) is 56.4 Å². The van der Waals surface area contributed by atoms with Crippen LogP contribution in [-0.2, 0) is 21.7 Å². The van der Waals surface area contributed by atoms with Crippen LogP contribution in [0.25, 0.3) is 10.8 Å². The molecule has 0 spiro atoms. The number of fused-ring (bicyclic) bond motifs is 17. The fourth-order valence-corrected chi connectivity index (χ4v) is 7.09. The number of nitrogens with one attached hydrogen (secondary N) is 4. The second kappa shape index (κ2) is 8.98. The predicted octanol–water partition coefficient (Wildman–Crippen LogP) is 8.20. The third-order valence-electron chi connectivity index (χ3n) is 10.7. The zero-order valence-electron chi connectivity index (χ0n) is 26.3. The molecule has 224 valence electrons. The van der Waals surface area contributed by atoms with Gasteiger partial charge in [0.25, 0.3) is 0 Å². The first kappa shape index (κ1) is 27.0. The van der Waals surface area contributed by atoms with Gasteiger partial charge in [-0.05, 0) is 113 Å². The fraction of sp³-hybridized carbons (Fsp3) is 0.316. The number of hydrogen-bond donors (Lipinski definition) is 4. The van der Waals surface area contributed by atoms with Gasteiger partial charge < -0.3 is 29.4 Å². The third-order valence-corrected chi connectivity index (χ3v) is 10.7. The molecule has 6 heterocycles. The monoisotopic (exact) mass is 584 g/mol. The molecular formula is C38H40N4O2. The summed E-state index contributed by atoms with van der Waals surface area (Å²) < 4.78 is 13.7. The van der Waals surface area contributed by atoms with E-state index in [4.69, 9.17) is 9.47 Å². The normalized spacial score (nSPS) is 23.5. The van der Waals surface area contributed by atoms with Crippen molar-refractivity contribution in [3.8, 4) is 11.5 Å². The van der Waals surface area contributed by atoms with E-state index in [-0.39, 0.29) is 10.8 Å². The highest BCUT2D eigenvalue weighted by Crippen LogP contribution is 2.43. The lowest BCUT2D eigenvalue weighted by molar-refractivity contribution is 0.211. The maximum Gasteiger partial charge on any atom is 0.161 e. The molecule has 0 atom stereocenters. The maximum atomic E-state index is 6.85. The van der Waals surface area contributed by atoms with E-state index in [0.29, 0.717) is 13.2 Å². The number of H-pyrrole nitrogens is 4. The summed E-state index contributed by atoms with van der Waals surface area (Å²) in [6, 6.07) is 30.4. The molecule has 0 saturated heterocycles. The largest absolute Gasteiger partial charge is 0.488 e. The van der Waals surface area contributed by atoms with Gasteiger partial charge in [0.05, 0.1) is 10.8 Å². The number of benzene rings is 2. The van der Waals surface area contributed by atoms with Gasteiger partial charge in [-0.3, -0.25) is 0 Å². The average Bonchev–Trinajstić information content (AvgIpc) is 3.83. The van der Waals surface area contributed by atoms with E-state index in [2.05, 4.69) is 146 Å². The van der Waals surface area contributed by atoms with Gasteiger partial charge in [0.15, 0.2) is 11.5 Å². The van der Waals surface area contributed by atoms with Gasteiger partial charge in [-0.25, -0.2) is 0 Å². The highest BCUT2D eigenvalue weighted by Gasteiger charge is 2.40. The lowest BCUT2D eigenvalue weighted by atomic mass is 9.84. The molecule has 2 aromatic carbocycles. The molecule has 6 heteroatoms. The Bertz CT molecular complexity index is 1800. The first-order valence-electron chi connectivity index (χ1n) is 15.6. The van der Waals surface area contributed by atoms with Crippen molar-refractivity contribution >= 4 is 10.8 Å². The molecule has 44 heavy (non-hydrogen) atoms. The van der Waals surface area contributed by atoms with Gasteiger partial charge in [0.2, 0.25) is 0 Å². The number of aromatic amines is 4. The van der Waals surface area contributed by atoms with Crippen LogP contribution in [0.5, 0.6) is 11.5 Å². The molecule has 2 aliphatic heterocycles.